The molecule has 0 saturated heterocycles. The minimum Gasteiger partial charge on any atom is -0.512 e. The predicted molar refractivity (Wildman–Crippen MR) is 257 cm³/mol. The minimum absolute atomic E-state index is 0. The Morgan fingerprint density at radius 3 is 1.43 bits per heavy atom. The molecule has 0 aliphatic rings. The van der Waals surface area contributed by atoms with Crippen molar-refractivity contribution >= 4 is 27.3 Å². The first kappa shape index (κ1) is 46.4. The van der Waals surface area contributed by atoms with Gasteiger partial charge in [0.2, 0.25) is 5.92 Å². The number of carbonyl (C=O) groups is 1. The van der Waals surface area contributed by atoms with Gasteiger partial charge >= 0.3 is 0 Å². The Hall–Kier alpha value is -4.58. The number of nitrogens with zero attached hydrogens (tertiary/aromatic N) is 2. The third-order valence-corrected chi connectivity index (χ3v) is 11.3. The largest absolute Gasteiger partial charge is 0.512 e. The van der Waals surface area contributed by atoms with Crippen LogP contribution in [0.2, 0.25) is 0 Å². The van der Waals surface area contributed by atoms with Crippen molar-refractivity contribution in [1.29, 1.82) is 0 Å². The summed E-state index contributed by atoms with van der Waals surface area (Å²) in [4.78, 5) is 20.6. The Balaban J connectivity index is 0.000000268. The van der Waals surface area contributed by atoms with Gasteiger partial charge in [-0.15, -0.1) is 69.8 Å². The summed E-state index contributed by atoms with van der Waals surface area (Å²) in [6.07, 6.45) is 2.52. The Morgan fingerprint density at radius 1 is 0.698 bits per heavy atom. The zero-order valence-electron chi connectivity index (χ0n) is 43.7. The first-order valence-electron chi connectivity index (χ1n) is 24.0. The standard InChI is InChI=1S/2C21H22N.C14H24F2O2.Ir/c2*1-13(2)19-12-17-6-7-22-21(20(17)11-16(19)5)18-9-14(3)8-15(4)10-18;1-5-10(6-2)12(17)8-13(18)11(7-3)9-14(4,15)16;/h2*6-9,11-13H,1-5H3;8,10-11,18H,5-7,9H2,1-4H3;/q2*-1;;/b;;13-8-;/i2*6D,7D;;. The second kappa shape index (κ2) is 23.4. The molecule has 7 heteroatoms. The van der Waals surface area contributed by atoms with E-state index < -0.39 is 18.3 Å². The molecule has 1 unspecified atom stereocenters. The molecule has 6 rings (SSSR count). The van der Waals surface area contributed by atoms with Gasteiger partial charge < -0.3 is 15.1 Å². The average molecular weight is 1040 g/mol. The summed E-state index contributed by atoms with van der Waals surface area (Å²) < 4.78 is 58.6. The van der Waals surface area contributed by atoms with Gasteiger partial charge in [0.05, 0.1) is 11.2 Å². The van der Waals surface area contributed by atoms with Crippen molar-refractivity contribution in [2.45, 2.75) is 140 Å². The van der Waals surface area contributed by atoms with Crippen LogP contribution in [0.15, 0.2) is 84.8 Å². The Bertz CT molecular complexity index is 2550. The van der Waals surface area contributed by atoms with E-state index in [0.29, 0.717) is 31.1 Å². The maximum atomic E-state index is 12.9. The van der Waals surface area contributed by atoms with Gasteiger partial charge in [0.25, 0.3) is 0 Å². The number of hydrogen-bond donors (Lipinski definition) is 1. The predicted octanol–water partition coefficient (Wildman–Crippen LogP) is 16.0. The number of alkyl halides is 2. The van der Waals surface area contributed by atoms with Gasteiger partial charge in [0, 0.05) is 56.8 Å². The number of ketones is 1. The Morgan fingerprint density at radius 2 is 1.10 bits per heavy atom. The summed E-state index contributed by atoms with van der Waals surface area (Å²) in [7, 11) is 0. The van der Waals surface area contributed by atoms with Crippen LogP contribution in [0, 0.1) is 65.5 Å². The number of aryl methyl sites for hydroxylation is 6. The Kier molecular flexibility index (Phi) is 17.2. The van der Waals surface area contributed by atoms with E-state index in [2.05, 4.69) is 114 Å². The van der Waals surface area contributed by atoms with Crippen LogP contribution >= 0.6 is 0 Å². The molecule has 2 heterocycles. The van der Waals surface area contributed by atoms with E-state index in [1.165, 1.54) is 22.3 Å². The average Bonchev–Trinajstić information content (AvgIpc) is 3.21. The summed E-state index contributed by atoms with van der Waals surface area (Å²) in [6, 6.07) is 23.7. The molecule has 63 heavy (non-hydrogen) atoms. The van der Waals surface area contributed by atoms with E-state index in [4.69, 9.17) is 5.48 Å². The van der Waals surface area contributed by atoms with E-state index in [-0.39, 0.29) is 62.0 Å². The molecule has 2 aromatic heterocycles. The van der Waals surface area contributed by atoms with Gasteiger partial charge in [0.1, 0.15) is 0 Å². The SMILES string of the molecule is CCC(CC)C(=O)/C=C(\O)C(CC)CC(C)(F)F.[2H]c1nc(-c2[c-]c(C)cc(C)c2)c2cc(C)c(C(C)C)cc2c1[2H].[2H]c1nc(-c2[c-]c(C)cc(C)c2)c2cc(C)c(C(C)C)cc2c1[2H].[Ir]. The fraction of sp³-hybridized carbons (Fsp3) is 0.411. The van der Waals surface area contributed by atoms with Crippen LogP contribution < -0.4 is 0 Å². The third-order valence-electron chi connectivity index (χ3n) is 11.3. The number of aromatic nitrogens is 2. The zero-order chi connectivity index (χ0) is 49.5. The molecule has 0 fully saturated rings. The van der Waals surface area contributed by atoms with Gasteiger partial charge in [-0.05, 0) is 119 Å². The molecule has 6 aromatic rings. The van der Waals surface area contributed by atoms with Crippen LogP contribution in [-0.2, 0) is 24.9 Å². The van der Waals surface area contributed by atoms with Gasteiger partial charge in [-0.2, -0.15) is 0 Å². The van der Waals surface area contributed by atoms with Crippen LogP contribution in [0.1, 0.15) is 143 Å². The van der Waals surface area contributed by atoms with Crippen molar-refractivity contribution in [2.75, 3.05) is 0 Å². The van der Waals surface area contributed by atoms with Crippen LogP contribution in [0.4, 0.5) is 8.78 Å². The summed E-state index contributed by atoms with van der Waals surface area (Å²) in [5.74, 6) is -3.23. The third kappa shape index (κ3) is 14.5. The number of rotatable bonds is 12. The molecule has 1 radical (unpaired) electrons. The van der Waals surface area contributed by atoms with Gasteiger partial charge in [0.15, 0.2) is 5.78 Å². The molecule has 0 amide bonds. The molecule has 0 spiro atoms. The van der Waals surface area contributed by atoms with Crippen molar-refractivity contribution in [1.82, 2.24) is 9.97 Å². The molecule has 0 aliphatic carbocycles. The smallest absolute Gasteiger partial charge is 0.246 e. The van der Waals surface area contributed by atoms with E-state index >= 15 is 0 Å². The molecule has 0 aliphatic heterocycles. The number of aliphatic hydroxyl groups is 1. The number of hydrogen-bond acceptors (Lipinski definition) is 4. The Labute approximate surface area is 396 Å². The number of fused-ring (bicyclic) bond motifs is 2. The summed E-state index contributed by atoms with van der Waals surface area (Å²) in [5.41, 5.74) is 12.5. The maximum Gasteiger partial charge on any atom is 0.246 e. The quantitative estimate of drug-likeness (QED) is 0.0754. The van der Waals surface area contributed by atoms with Crippen molar-refractivity contribution in [3.8, 4) is 22.5 Å². The zero-order valence-corrected chi connectivity index (χ0v) is 42.1. The van der Waals surface area contributed by atoms with Crippen LogP contribution in [0.5, 0.6) is 0 Å². The number of aliphatic hydroxyl groups excluding tert-OH is 1. The molecular formula is C56H68F2IrN2O2-2. The molecule has 339 valence electrons. The summed E-state index contributed by atoms with van der Waals surface area (Å²) >= 11 is 0. The van der Waals surface area contributed by atoms with E-state index in [1.807, 2.05) is 39.8 Å². The molecule has 1 N–H and O–H groups in total. The second-order valence-electron chi connectivity index (χ2n) is 17.6. The van der Waals surface area contributed by atoms with E-state index in [1.54, 1.807) is 6.92 Å². The fourth-order valence-corrected chi connectivity index (χ4v) is 8.12. The van der Waals surface area contributed by atoms with E-state index in [9.17, 15) is 18.7 Å². The number of carbonyl (C=O) groups excluding carboxylic acids is 1. The molecule has 4 nitrogen and oxygen atoms in total. The van der Waals surface area contributed by atoms with Crippen LogP contribution in [-0.4, -0.2) is 26.8 Å². The van der Waals surface area contributed by atoms with Crippen LogP contribution in [0.25, 0.3) is 44.1 Å². The molecule has 4 aromatic carbocycles. The summed E-state index contributed by atoms with van der Waals surface area (Å²) in [5, 5.41) is 13.2. The van der Waals surface area contributed by atoms with Crippen molar-refractivity contribution in [3.05, 3.63) is 141 Å². The number of benzene rings is 4. The van der Waals surface area contributed by atoms with Gasteiger partial charge in [-0.3, -0.25) is 4.79 Å². The molecule has 0 bridgehead atoms. The first-order chi connectivity index (χ1) is 30.8. The van der Waals surface area contributed by atoms with Gasteiger partial charge in [-0.25, -0.2) is 8.78 Å². The summed E-state index contributed by atoms with van der Waals surface area (Å²) in [6.45, 7) is 27.3. The maximum absolute atomic E-state index is 12.9. The van der Waals surface area contributed by atoms with Crippen molar-refractivity contribution in [2.24, 2.45) is 11.8 Å². The topological polar surface area (TPSA) is 63.1 Å². The monoisotopic (exact) mass is 1040 g/mol. The second-order valence-corrected chi connectivity index (χ2v) is 17.6. The van der Waals surface area contributed by atoms with Gasteiger partial charge in [-0.1, -0.05) is 100 Å². The number of halogens is 2. The first-order valence-corrected chi connectivity index (χ1v) is 22.0. The molecular weight excluding hydrogens is 963 g/mol. The molecule has 1 atom stereocenters. The minimum atomic E-state index is -2.83. The van der Waals surface area contributed by atoms with Crippen molar-refractivity contribution < 1.29 is 44.3 Å². The van der Waals surface area contributed by atoms with E-state index in [0.717, 1.165) is 79.3 Å². The normalized spacial score (nSPS) is 13.1. The van der Waals surface area contributed by atoms with Crippen molar-refractivity contribution in [3.63, 3.8) is 0 Å². The number of allylic oxidation sites excluding steroid dienone is 2. The fourth-order valence-electron chi connectivity index (χ4n) is 8.12. The van der Waals surface area contributed by atoms with Crippen LogP contribution in [0.3, 0.4) is 0 Å². The number of pyridine rings is 2. The molecule has 0 saturated carbocycles.